The molecule has 0 fully saturated rings. The second-order valence-corrected chi connectivity index (χ2v) is 3.82. The number of nitrogens with zero attached hydrogens (tertiary/aromatic N) is 3. The van der Waals surface area contributed by atoms with E-state index < -0.39 is 4.92 Å². The van der Waals surface area contributed by atoms with E-state index in [0.717, 1.165) is 4.68 Å². The number of nitro groups is 1. The van der Waals surface area contributed by atoms with Crippen molar-refractivity contribution in [1.82, 2.24) is 9.78 Å². The fourth-order valence-electron chi connectivity index (χ4n) is 1.63. The average molecular weight is 259 g/mol. The number of non-ortho nitro benzene ring substituents is 1. The number of aldehydes is 1. The lowest BCUT2D eigenvalue weighted by molar-refractivity contribution is -0.384. The molecule has 0 bridgehead atoms. The van der Waals surface area contributed by atoms with E-state index in [4.69, 9.17) is 0 Å². The van der Waals surface area contributed by atoms with Gasteiger partial charge in [-0.1, -0.05) is 12.1 Å². The summed E-state index contributed by atoms with van der Waals surface area (Å²) < 4.78 is 1.03. The molecule has 2 aromatic rings. The summed E-state index contributed by atoms with van der Waals surface area (Å²) in [4.78, 5) is 32.3. The molecular formula is C12H9N3O4. The van der Waals surface area contributed by atoms with Crippen molar-refractivity contribution in [2.75, 3.05) is 0 Å². The number of hydrogen-bond donors (Lipinski definition) is 0. The second kappa shape index (κ2) is 4.81. The van der Waals surface area contributed by atoms with Crippen LogP contribution < -0.4 is 0 Å². The average Bonchev–Trinajstić information content (AvgIpc) is 2.83. The van der Waals surface area contributed by atoms with Crippen molar-refractivity contribution in [3.63, 3.8) is 0 Å². The molecule has 0 aliphatic heterocycles. The van der Waals surface area contributed by atoms with E-state index >= 15 is 0 Å². The molecule has 0 aliphatic carbocycles. The molecule has 0 aliphatic rings. The van der Waals surface area contributed by atoms with Crippen LogP contribution in [-0.4, -0.2) is 26.9 Å². The highest BCUT2D eigenvalue weighted by molar-refractivity contribution is 5.88. The van der Waals surface area contributed by atoms with Gasteiger partial charge in [0.1, 0.15) is 5.69 Å². The topological polar surface area (TPSA) is 95.1 Å². The summed E-state index contributed by atoms with van der Waals surface area (Å²) in [6.45, 7) is 1.30. The molecule has 0 spiro atoms. The molecule has 2 rings (SSSR count). The molecule has 0 unspecified atom stereocenters. The van der Waals surface area contributed by atoms with E-state index in [9.17, 15) is 19.7 Å². The maximum atomic E-state index is 11.2. The predicted molar refractivity (Wildman–Crippen MR) is 66.0 cm³/mol. The van der Waals surface area contributed by atoms with Gasteiger partial charge < -0.3 is 0 Å². The van der Waals surface area contributed by atoms with Crippen LogP contribution in [0.5, 0.6) is 0 Å². The Hall–Kier alpha value is -2.83. The summed E-state index contributed by atoms with van der Waals surface area (Å²) in [6, 6.07) is 5.73. The Kier molecular flexibility index (Phi) is 3.19. The van der Waals surface area contributed by atoms with Gasteiger partial charge in [0.25, 0.3) is 5.69 Å². The number of rotatable bonds is 3. The molecule has 1 aromatic heterocycles. The normalized spacial score (nSPS) is 10.2. The summed E-state index contributed by atoms with van der Waals surface area (Å²) in [5.74, 6) is -0.347. The highest BCUT2D eigenvalue weighted by atomic mass is 16.6. The lowest BCUT2D eigenvalue weighted by atomic mass is 10.1. The van der Waals surface area contributed by atoms with Crippen LogP contribution in [0.1, 0.15) is 22.1 Å². The maximum Gasteiger partial charge on any atom is 0.270 e. The lowest BCUT2D eigenvalue weighted by Gasteiger charge is -1.98. The first-order valence-electron chi connectivity index (χ1n) is 5.33. The minimum absolute atomic E-state index is 0.105. The van der Waals surface area contributed by atoms with Crippen molar-refractivity contribution in [1.29, 1.82) is 0 Å². The van der Waals surface area contributed by atoms with Gasteiger partial charge in [-0.25, -0.2) is 4.68 Å². The minimum atomic E-state index is -0.536. The van der Waals surface area contributed by atoms with Crippen molar-refractivity contribution in [3.8, 4) is 11.3 Å². The Morgan fingerprint density at radius 3 is 2.79 bits per heavy atom. The smallest absolute Gasteiger partial charge is 0.270 e. The molecule has 19 heavy (non-hydrogen) atoms. The van der Waals surface area contributed by atoms with Crippen molar-refractivity contribution in [2.45, 2.75) is 6.92 Å². The summed E-state index contributed by atoms with van der Waals surface area (Å²) in [7, 11) is 0. The third-order valence-corrected chi connectivity index (χ3v) is 2.52. The van der Waals surface area contributed by atoms with Crippen molar-refractivity contribution >= 4 is 17.9 Å². The molecule has 1 heterocycles. The Morgan fingerprint density at radius 1 is 1.47 bits per heavy atom. The van der Waals surface area contributed by atoms with Crippen molar-refractivity contribution < 1.29 is 14.5 Å². The van der Waals surface area contributed by atoms with E-state index in [-0.39, 0.29) is 22.9 Å². The van der Waals surface area contributed by atoms with Gasteiger partial charge in [0.05, 0.1) is 10.5 Å². The Labute approximate surface area is 107 Å². The lowest BCUT2D eigenvalue weighted by Crippen LogP contribution is -2.05. The number of carbonyl (C=O) groups is 2. The van der Waals surface area contributed by atoms with Crippen molar-refractivity contribution in [3.05, 3.63) is 46.1 Å². The van der Waals surface area contributed by atoms with Gasteiger partial charge in [0.15, 0.2) is 6.29 Å². The van der Waals surface area contributed by atoms with E-state index in [1.165, 1.54) is 31.3 Å². The highest BCUT2D eigenvalue weighted by Crippen LogP contribution is 2.24. The van der Waals surface area contributed by atoms with Crippen LogP contribution in [0, 0.1) is 10.1 Å². The zero-order chi connectivity index (χ0) is 14.0. The van der Waals surface area contributed by atoms with E-state index in [1.807, 2.05) is 0 Å². The third kappa shape index (κ3) is 2.39. The second-order valence-electron chi connectivity index (χ2n) is 3.82. The molecule has 0 saturated carbocycles. The zero-order valence-corrected chi connectivity index (χ0v) is 9.94. The summed E-state index contributed by atoms with van der Waals surface area (Å²) in [5, 5.41) is 14.7. The fourth-order valence-corrected chi connectivity index (χ4v) is 1.63. The monoisotopic (exact) mass is 259 g/mol. The largest absolute Gasteiger partial charge is 0.298 e. The van der Waals surface area contributed by atoms with E-state index in [0.29, 0.717) is 11.8 Å². The molecular weight excluding hydrogens is 250 g/mol. The molecule has 0 atom stereocenters. The maximum absolute atomic E-state index is 11.2. The summed E-state index contributed by atoms with van der Waals surface area (Å²) >= 11 is 0. The van der Waals surface area contributed by atoms with Gasteiger partial charge in [-0.2, -0.15) is 5.10 Å². The molecule has 7 nitrogen and oxygen atoms in total. The SMILES string of the molecule is CC(=O)n1cc(C=O)c(-c2cccc([N+](=O)[O-])c2)n1. The Balaban J connectivity index is 2.57. The molecule has 7 heteroatoms. The quantitative estimate of drug-likeness (QED) is 0.476. The predicted octanol–water partition coefficient (Wildman–Crippen LogP) is 1.93. The van der Waals surface area contributed by atoms with Gasteiger partial charge in [0, 0.05) is 30.8 Å². The Morgan fingerprint density at radius 2 is 2.21 bits per heavy atom. The van der Waals surface area contributed by atoms with Gasteiger partial charge in [-0.3, -0.25) is 19.7 Å². The zero-order valence-electron chi connectivity index (χ0n) is 9.94. The number of benzene rings is 1. The molecule has 1 aromatic carbocycles. The van der Waals surface area contributed by atoms with Crippen LogP contribution in [0.15, 0.2) is 30.5 Å². The van der Waals surface area contributed by atoms with Gasteiger partial charge in [0.2, 0.25) is 5.91 Å². The molecule has 0 amide bonds. The summed E-state index contributed by atoms with van der Waals surface area (Å²) in [5.41, 5.74) is 0.757. The third-order valence-electron chi connectivity index (χ3n) is 2.52. The Bertz CT molecular complexity index is 675. The van der Waals surface area contributed by atoms with Crippen LogP contribution in [0.25, 0.3) is 11.3 Å². The van der Waals surface area contributed by atoms with Crippen LogP contribution in [0.2, 0.25) is 0 Å². The van der Waals surface area contributed by atoms with Crippen molar-refractivity contribution in [2.24, 2.45) is 0 Å². The molecule has 0 saturated heterocycles. The molecule has 0 radical (unpaired) electrons. The van der Waals surface area contributed by atoms with Crippen LogP contribution in [0.3, 0.4) is 0 Å². The highest BCUT2D eigenvalue weighted by Gasteiger charge is 2.15. The number of carbonyl (C=O) groups excluding carboxylic acids is 2. The molecule has 0 N–H and O–H groups in total. The van der Waals surface area contributed by atoms with Crippen LogP contribution in [0.4, 0.5) is 5.69 Å². The van der Waals surface area contributed by atoms with Gasteiger partial charge in [-0.15, -0.1) is 0 Å². The minimum Gasteiger partial charge on any atom is -0.298 e. The standard InChI is InChI=1S/C12H9N3O4/c1-8(17)14-6-10(7-16)12(13-14)9-3-2-4-11(5-9)15(18)19/h2-7H,1H3. The molecule has 96 valence electrons. The first-order chi connectivity index (χ1) is 9.02. The van der Waals surface area contributed by atoms with Crippen LogP contribution in [-0.2, 0) is 0 Å². The van der Waals surface area contributed by atoms with E-state index in [1.54, 1.807) is 6.07 Å². The first-order valence-corrected chi connectivity index (χ1v) is 5.33. The van der Waals surface area contributed by atoms with Gasteiger partial charge in [-0.05, 0) is 0 Å². The van der Waals surface area contributed by atoms with Gasteiger partial charge >= 0.3 is 0 Å². The van der Waals surface area contributed by atoms with E-state index in [2.05, 4.69) is 5.10 Å². The number of nitro benzene ring substituents is 1. The number of aromatic nitrogens is 2. The fraction of sp³-hybridized carbons (Fsp3) is 0.0833. The first kappa shape index (κ1) is 12.6. The number of hydrogen-bond acceptors (Lipinski definition) is 5. The summed E-state index contributed by atoms with van der Waals surface area (Å²) in [6.07, 6.45) is 1.85. The van der Waals surface area contributed by atoms with Crippen LogP contribution >= 0.6 is 0 Å².